The predicted molar refractivity (Wildman–Crippen MR) is 86.6 cm³/mol. The molecular formula is C16H25NO6. The molecule has 0 atom stereocenters. The van der Waals surface area contributed by atoms with Crippen LogP contribution in [0.4, 0.5) is 5.69 Å². The molecule has 0 aliphatic rings. The van der Waals surface area contributed by atoms with Crippen molar-refractivity contribution < 1.29 is 30.0 Å². The van der Waals surface area contributed by atoms with E-state index in [1.165, 1.54) is 0 Å². The van der Waals surface area contributed by atoms with Crippen LogP contribution in [0.2, 0.25) is 0 Å². The van der Waals surface area contributed by atoms with Crippen molar-refractivity contribution >= 4 is 17.6 Å². The fourth-order valence-corrected chi connectivity index (χ4v) is 1.80. The van der Waals surface area contributed by atoms with Crippen molar-refractivity contribution in [2.45, 2.75) is 25.7 Å². The average Bonchev–Trinajstić information content (AvgIpc) is 2.52. The Morgan fingerprint density at radius 3 is 1.61 bits per heavy atom. The number of anilines is 1. The topological polar surface area (TPSA) is 118 Å². The number of aliphatic carboxylic acids is 2. The van der Waals surface area contributed by atoms with Gasteiger partial charge >= 0.3 is 11.9 Å². The van der Waals surface area contributed by atoms with Crippen LogP contribution < -0.4 is 4.90 Å². The van der Waals surface area contributed by atoms with E-state index in [-0.39, 0.29) is 26.1 Å². The Morgan fingerprint density at radius 2 is 1.26 bits per heavy atom. The summed E-state index contributed by atoms with van der Waals surface area (Å²) in [6.07, 6.45) is 1.02. The third-order valence-electron chi connectivity index (χ3n) is 2.89. The number of aliphatic hydroxyl groups excluding tert-OH is 2. The van der Waals surface area contributed by atoms with E-state index in [0.29, 0.717) is 25.9 Å². The average molecular weight is 327 g/mol. The molecule has 0 radical (unpaired) electrons. The maximum atomic E-state index is 9.90. The third kappa shape index (κ3) is 12.1. The predicted octanol–water partition coefficient (Wildman–Crippen LogP) is 1.19. The van der Waals surface area contributed by atoms with E-state index in [2.05, 4.69) is 0 Å². The van der Waals surface area contributed by atoms with Crippen LogP contribution in [0.1, 0.15) is 25.7 Å². The molecule has 0 fully saturated rings. The number of unbranched alkanes of at least 4 members (excludes halogenated alkanes) is 1. The molecule has 1 aromatic rings. The lowest BCUT2D eigenvalue weighted by atomic mass is 10.2. The Hall–Kier alpha value is -2.12. The zero-order valence-electron chi connectivity index (χ0n) is 13.1. The largest absolute Gasteiger partial charge is 0.481 e. The molecule has 0 aliphatic heterocycles. The van der Waals surface area contributed by atoms with E-state index >= 15 is 0 Å². The number of hydrogen-bond donors (Lipinski definition) is 4. The molecule has 0 saturated heterocycles. The van der Waals surface area contributed by atoms with E-state index < -0.39 is 11.9 Å². The fraction of sp³-hybridized carbons (Fsp3) is 0.500. The van der Waals surface area contributed by atoms with E-state index in [9.17, 15) is 9.59 Å². The second kappa shape index (κ2) is 13.5. The number of aliphatic hydroxyl groups is 2. The summed E-state index contributed by atoms with van der Waals surface area (Å²) in [4.78, 5) is 21.7. The Labute approximate surface area is 135 Å². The molecular weight excluding hydrogens is 302 g/mol. The van der Waals surface area contributed by atoms with Gasteiger partial charge in [-0.05, 0) is 25.0 Å². The standard InChI is InChI=1S/C10H15NO2.C6H10O4/c12-8-6-11(7-9-13)10-4-2-1-3-5-10;7-5(8)3-1-2-4-6(9)10/h1-5,12-13H,6-9H2;1-4H2,(H,7,8)(H,9,10). The van der Waals surface area contributed by atoms with Gasteiger partial charge in [0.15, 0.2) is 0 Å². The van der Waals surface area contributed by atoms with Crippen molar-refractivity contribution in [2.75, 3.05) is 31.2 Å². The molecule has 130 valence electrons. The summed E-state index contributed by atoms with van der Waals surface area (Å²) >= 11 is 0. The molecule has 23 heavy (non-hydrogen) atoms. The minimum absolute atomic E-state index is 0.0628. The lowest BCUT2D eigenvalue weighted by molar-refractivity contribution is -0.139. The number of carbonyl (C=O) groups is 2. The summed E-state index contributed by atoms with van der Waals surface area (Å²) in [6.45, 7) is 1.33. The molecule has 0 saturated carbocycles. The van der Waals surface area contributed by atoms with Gasteiger partial charge in [-0.25, -0.2) is 0 Å². The zero-order chi connectivity index (χ0) is 17.5. The number of nitrogens with zero attached hydrogens (tertiary/aromatic N) is 1. The lowest BCUT2D eigenvalue weighted by Crippen LogP contribution is -2.29. The van der Waals surface area contributed by atoms with Crippen molar-refractivity contribution in [3.8, 4) is 0 Å². The molecule has 7 nitrogen and oxygen atoms in total. The van der Waals surface area contributed by atoms with Gasteiger partial charge in [0, 0.05) is 31.6 Å². The highest BCUT2D eigenvalue weighted by molar-refractivity contribution is 5.67. The van der Waals surface area contributed by atoms with Crippen LogP contribution in [0, 0.1) is 0 Å². The smallest absolute Gasteiger partial charge is 0.303 e. The molecule has 0 amide bonds. The number of hydrogen-bond acceptors (Lipinski definition) is 5. The second-order valence-electron chi connectivity index (χ2n) is 4.76. The number of carboxylic acid groups (broad SMARTS) is 2. The van der Waals surface area contributed by atoms with Crippen LogP contribution in [0.5, 0.6) is 0 Å². The Morgan fingerprint density at radius 1 is 0.826 bits per heavy atom. The van der Waals surface area contributed by atoms with Gasteiger partial charge in [-0.2, -0.15) is 0 Å². The number of benzene rings is 1. The van der Waals surface area contributed by atoms with Gasteiger partial charge in [-0.3, -0.25) is 9.59 Å². The molecule has 0 aliphatic carbocycles. The van der Waals surface area contributed by atoms with Crippen LogP contribution in [0.3, 0.4) is 0 Å². The zero-order valence-corrected chi connectivity index (χ0v) is 13.1. The molecule has 1 aromatic carbocycles. The maximum absolute atomic E-state index is 9.90. The number of para-hydroxylation sites is 1. The van der Waals surface area contributed by atoms with Gasteiger partial charge < -0.3 is 25.3 Å². The van der Waals surface area contributed by atoms with Gasteiger partial charge in [-0.1, -0.05) is 18.2 Å². The minimum Gasteiger partial charge on any atom is -0.481 e. The van der Waals surface area contributed by atoms with Crippen LogP contribution in [0.25, 0.3) is 0 Å². The highest BCUT2D eigenvalue weighted by Gasteiger charge is 2.03. The molecule has 0 aromatic heterocycles. The Balaban J connectivity index is 0.000000438. The van der Waals surface area contributed by atoms with Crippen molar-refractivity contribution in [1.82, 2.24) is 0 Å². The van der Waals surface area contributed by atoms with Gasteiger partial charge in [0.05, 0.1) is 13.2 Å². The lowest BCUT2D eigenvalue weighted by Gasteiger charge is -2.22. The van der Waals surface area contributed by atoms with Gasteiger partial charge in [0.1, 0.15) is 0 Å². The molecule has 0 bridgehead atoms. The van der Waals surface area contributed by atoms with Crippen molar-refractivity contribution in [1.29, 1.82) is 0 Å². The van der Waals surface area contributed by atoms with Gasteiger partial charge in [0.2, 0.25) is 0 Å². The number of rotatable bonds is 10. The van der Waals surface area contributed by atoms with Crippen molar-refractivity contribution in [2.24, 2.45) is 0 Å². The van der Waals surface area contributed by atoms with Crippen LogP contribution >= 0.6 is 0 Å². The van der Waals surface area contributed by atoms with Crippen LogP contribution in [0.15, 0.2) is 30.3 Å². The monoisotopic (exact) mass is 327 g/mol. The summed E-state index contributed by atoms with van der Waals surface area (Å²) in [5.41, 5.74) is 1.03. The first-order valence-corrected chi connectivity index (χ1v) is 7.46. The summed E-state index contributed by atoms with van der Waals surface area (Å²) in [7, 11) is 0. The normalized spacial score (nSPS) is 9.65. The summed E-state index contributed by atoms with van der Waals surface area (Å²) < 4.78 is 0. The van der Waals surface area contributed by atoms with Crippen LogP contribution in [-0.4, -0.2) is 58.7 Å². The molecule has 0 heterocycles. The number of carboxylic acids is 2. The summed E-state index contributed by atoms with van der Waals surface area (Å²) in [5, 5.41) is 33.9. The second-order valence-corrected chi connectivity index (χ2v) is 4.76. The fourth-order valence-electron chi connectivity index (χ4n) is 1.80. The third-order valence-corrected chi connectivity index (χ3v) is 2.89. The maximum Gasteiger partial charge on any atom is 0.303 e. The first kappa shape index (κ1) is 20.9. The molecule has 0 unspecified atom stereocenters. The van der Waals surface area contributed by atoms with Crippen molar-refractivity contribution in [3.63, 3.8) is 0 Å². The first-order valence-electron chi connectivity index (χ1n) is 7.46. The van der Waals surface area contributed by atoms with E-state index in [1.54, 1.807) is 0 Å². The van der Waals surface area contributed by atoms with Crippen molar-refractivity contribution in [3.05, 3.63) is 30.3 Å². The Kier molecular flexibility index (Phi) is 12.3. The van der Waals surface area contributed by atoms with Gasteiger partial charge in [0.25, 0.3) is 0 Å². The molecule has 0 spiro atoms. The molecule has 4 N–H and O–H groups in total. The van der Waals surface area contributed by atoms with Gasteiger partial charge in [-0.15, -0.1) is 0 Å². The minimum atomic E-state index is -0.870. The highest BCUT2D eigenvalue weighted by atomic mass is 16.4. The SMILES string of the molecule is O=C(O)CCCCC(=O)O.OCCN(CCO)c1ccccc1. The molecule has 1 rings (SSSR count). The Bertz CT molecular complexity index is 415. The van der Waals surface area contributed by atoms with E-state index in [4.69, 9.17) is 20.4 Å². The summed E-state index contributed by atoms with van der Waals surface area (Å²) in [6, 6.07) is 9.75. The van der Waals surface area contributed by atoms with Crippen LogP contribution in [-0.2, 0) is 9.59 Å². The molecule has 7 heteroatoms. The highest BCUT2D eigenvalue weighted by Crippen LogP contribution is 2.11. The first-order chi connectivity index (χ1) is 11.0. The quantitative estimate of drug-likeness (QED) is 0.477. The summed E-state index contributed by atoms with van der Waals surface area (Å²) in [5.74, 6) is -1.74. The van der Waals surface area contributed by atoms with E-state index in [0.717, 1.165) is 5.69 Å². The van der Waals surface area contributed by atoms with E-state index in [1.807, 2.05) is 35.2 Å².